The number of hydrogen-bond donors (Lipinski definition) is 1. The van der Waals surface area contributed by atoms with E-state index in [1.54, 1.807) is 25.1 Å². The summed E-state index contributed by atoms with van der Waals surface area (Å²) >= 11 is 0. The molecule has 1 heterocycles. The lowest BCUT2D eigenvalue weighted by molar-refractivity contribution is -0.161. The number of carbonyl (C=O) groups is 2. The molecule has 0 saturated heterocycles. The maximum absolute atomic E-state index is 12.0. The Labute approximate surface area is 121 Å². The molecular formula is C15H16O6. The van der Waals surface area contributed by atoms with Crippen LogP contribution in [0.4, 0.5) is 0 Å². The van der Waals surface area contributed by atoms with Crippen molar-refractivity contribution in [3.63, 3.8) is 0 Å². The van der Waals surface area contributed by atoms with Gasteiger partial charge in [0.25, 0.3) is 0 Å². The monoisotopic (exact) mass is 292 g/mol. The Morgan fingerprint density at radius 3 is 2.71 bits per heavy atom. The summed E-state index contributed by atoms with van der Waals surface area (Å²) in [5.41, 5.74) is -0.700. The van der Waals surface area contributed by atoms with Gasteiger partial charge in [-0.15, -0.1) is 0 Å². The first-order valence-corrected chi connectivity index (χ1v) is 6.89. The first kappa shape index (κ1) is 13.7. The average molecular weight is 292 g/mol. The fourth-order valence-corrected chi connectivity index (χ4v) is 2.75. The van der Waals surface area contributed by atoms with Gasteiger partial charge in [-0.25, -0.2) is 0 Å². The number of carboxylic acid groups (broad SMARTS) is 1. The number of fused-ring (bicyclic) bond motifs is 1. The fourth-order valence-electron chi connectivity index (χ4n) is 2.75. The summed E-state index contributed by atoms with van der Waals surface area (Å²) in [7, 11) is 0. The summed E-state index contributed by atoms with van der Waals surface area (Å²) in [6.45, 7) is 2.79. The van der Waals surface area contributed by atoms with Gasteiger partial charge in [0, 0.05) is 5.92 Å². The molecule has 21 heavy (non-hydrogen) atoms. The molecule has 112 valence electrons. The standard InChI is InChI=1S/C15H16O6/c1-2-19-14(18)15(13(16)17)8-10(15)9-3-4-11-12(7-9)21-6-5-20-11/h3-4,7,10H,2,5-6,8H2,1H3,(H,16,17). The fraction of sp³-hybridized carbons (Fsp3) is 0.467. The molecule has 0 radical (unpaired) electrons. The number of aliphatic carboxylic acids is 1. The molecule has 6 heteroatoms. The maximum Gasteiger partial charge on any atom is 0.324 e. The quantitative estimate of drug-likeness (QED) is 0.670. The largest absolute Gasteiger partial charge is 0.486 e. The average Bonchev–Trinajstić information content (AvgIpc) is 3.24. The Hall–Kier alpha value is -2.24. The first-order valence-electron chi connectivity index (χ1n) is 6.89. The van der Waals surface area contributed by atoms with Gasteiger partial charge in [-0.05, 0) is 31.0 Å². The molecule has 6 nitrogen and oxygen atoms in total. The summed E-state index contributed by atoms with van der Waals surface area (Å²) in [5.74, 6) is -0.959. The van der Waals surface area contributed by atoms with E-state index < -0.39 is 17.4 Å². The molecule has 1 saturated carbocycles. The summed E-state index contributed by atoms with van der Waals surface area (Å²) in [5, 5.41) is 9.41. The molecule has 1 aromatic rings. The molecule has 0 amide bonds. The molecule has 2 aliphatic rings. The van der Waals surface area contributed by atoms with Gasteiger partial charge < -0.3 is 19.3 Å². The van der Waals surface area contributed by atoms with Gasteiger partial charge in [-0.1, -0.05) is 6.07 Å². The predicted octanol–water partition coefficient (Wildman–Crippen LogP) is 1.58. The molecule has 1 aliphatic carbocycles. The minimum Gasteiger partial charge on any atom is -0.486 e. The van der Waals surface area contributed by atoms with Crippen LogP contribution in [0.3, 0.4) is 0 Å². The van der Waals surface area contributed by atoms with Crippen LogP contribution in [0.5, 0.6) is 11.5 Å². The number of esters is 1. The number of carboxylic acids is 1. The van der Waals surface area contributed by atoms with Gasteiger partial charge in [-0.2, -0.15) is 0 Å². The minimum absolute atomic E-state index is 0.168. The van der Waals surface area contributed by atoms with Gasteiger partial charge in [0.05, 0.1) is 6.61 Å². The lowest BCUT2D eigenvalue weighted by atomic mass is 9.99. The van der Waals surface area contributed by atoms with Crippen LogP contribution in [-0.4, -0.2) is 36.9 Å². The molecule has 1 aliphatic heterocycles. The Balaban J connectivity index is 1.88. The third-order valence-corrected chi connectivity index (χ3v) is 3.95. The van der Waals surface area contributed by atoms with Gasteiger partial charge >= 0.3 is 11.9 Å². The van der Waals surface area contributed by atoms with E-state index >= 15 is 0 Å². The molecule has 0 aromatic heterocycles. The van der Waals surface area contributed by atoms with E-state index in [9.17, 15) is 14.7 Å². The molecule has 0 spiro atoms. The Kier molecular flexibility index (Phi) is 3.23. The second kappa shape index (κ2) is 4.95. The number of ether oxygens (including phenoxy) is 3. The van der Waals surface area contributed by atoms with E-state index in [-0.39, 0.29) is 18.9 Å². The van der Waals surface area contributed by atoms with Crippen molar-refractivity contribution >= 4 is 11.9 Å². The van der Waals surface area contributed by atoms with Crippen LogP contribution in [0, 0.1) is 5.41 Å². The third kappa shape index (κ3) is 2.11. The normalized spacial score (nSPS) is 26.0. The van der Waals surface area contributed by atoms with Crippen LogP contribution in [0.1, 0.15) is 24.8 Å². The zero-order valence-corrected chi connectivity index (χ0v) is 11.6. The van der Waals surface area contributed by atoms with Crippen LogP contribution >= 0.6 is 0 Å². The van der Waals surface area contributed by atoms with E-state index in [2.05, 4.69) is 0 Å². The van der Waals surface area contributed by atoms with Gasteiger partial charge in [0.1, 0.15) is 13.2 Å². The highest BCUT2D eigenvalue weighted by atomic mass is 16.6. The summed E-state index contributed by atoms with van der Waals surface area (Å²) in [6.07, 6.45) is 0.251. The minimum atomic E-state index is -1.46. The topological polar surface area (TPSA) is 82.1 Å². The molecule has 2 unspecified atom stereocenters. The van der Waals surface area contributed by atoms with Crippen LogP contribution in [0.15, 0.2) is 18.2 Å². The molecule has 0 bridgehead atoms. The summed E-state index contributed by atoms with van der Waals surface area (Å²) < 4.78 is 15.8. The van der Waals surface area contributed by atoms with Crippen molar-refractivity contribution in [3.05, 3.63) is 23.8 Å². The van der Waals surface area contributed by atoms with Gasteiger partial charge in [0.15, 0.2) is 16.9 Å². The second-order valence-electron chi connectivity index (χ2n) is 5.16. The molecule has 1 fully saturated rings. The predicted molar refractivity (Wildman–Crippen MR) is 71.5 cm³/mol. The second-order valence-corrected chi connectivity index (χ2v) is 5.16. The van der Waals surface area contributed by atoms with Crippen molar-refractivity contribution in [2.45, 2.75) is 19.3 Å². The highest BCUT2D eigenvalue weighted by molar-refractivity contribution is 6.04. The Bertz CT molecular complexity index is 596. The van der Waals surface area contributed by atoms with Crippen molar-refractivity contribution in [1.82, 2.24) is 0 Å². The van der Waals surface area contributed by atoms with Gasteiger partial charge in [0.2, 0.25) is 0 Å². The number of hydrogen-bond acceptors (Lipinski definition) is 5. The van der Waals surface area contributed by atoms with E-state index in [0.29, 0.717) is 24.7 Å². The SMILES string of the molecule is CCOC(=O)C1(C(=O)O)CC1c1ccc2c(c1)OCCO2. The van der Waals surface area contributed by atoms with Crippen molar-refractivity contribution in [2.75, 3.05) is 19.8 Å². The molecular weight excluding hydrogens is 276 g/mol. The Morgan fingerprint density at radius 1 is 1.33 bits per heavy atom. The van der Waals surface area contributed by atoms with Crippen LogP contribution in [-0.2, 0) is 14.3 Å². The lowest BCUT2D eigenvalue weighted by Gasteiger charge is -2.19. The van der Waals surface area contributed by atoms with Crippen molar-refractivity contribution in [1.29, 1.82) is 0 Å². The molecule has 3 rings (SSSR count). The number of benzene rings is 1. The highest BCUT2D eigenvalue weighted by Crippen LogP contribution is 2.61. The van der Waals surface area contributed by atoms with E-state index in [1.807, 2.05) is 0 Å². The van der Waals surface area contributed by atoms with E-state index in [0.717, 1.165) is 5.56 Å². The van der Waals surface area contributed by atoms with Crippen molar-refractivity contribution < 1.29 is 28.9 Å². The van der Waals surface area contributed by atoms with Crippen LogP contribution in [0.25, 0.3) is 0 Å². The molecule has 2 atom stereocenters. The summed E-state index contributed by atoms with van der Waals surface area (Å²) in [4.78, 5) is 23.5. The highest BCUT2D eigenvalue weighted by Gasteiger charge is 2.68. The maximum atomic E-state index is 12.0. The first-order chi connectivity index (χ1) is 10.1. The van der Waals surface area contributed by atoms with Gasteiger partial charge in [-0.3, -0.25) is 9.59 Å². The van der Waals surface area contributed by atoms with E-state index in [4.69, 9.17) is 14.2 Å². The van der Waals surface area contributed by atoms with Crippen LogP contribution < -0.4 is 9.47 Å². The number of rotatable bonds is 4. The molecule has 1 N–H and O–H groups in total. The van der Waals surface area contributed by atoms with Crippen molar-refractivity contribution in [2.24, 2.45) is 5.41 Å². The smallest absolute Gasteiger partial charge is 0.324 e. The van der Waals surface area contributed by atoms with Crippen molar-refractivity contribution in [3.8, 4) is 11.5 Å². The number of carbonyl (C=O) groups excluding carboxylic acids is 1. The third-order valence-electron chi connectivity index (χ3n) is 3.95. The zero-order valence-electron chi connectivity index (χ0n) is 11.6. The van der Waals surface area contributed by atoms with E-state index in [1.165, 1.54) is 0 Å². The summed E-state index contributed by atoms with van der Waals surface area (Å²) in [6, 6.07) is 5.28. The molecule has 1 aromatic carbocycles. The van der Waals surface area contributed by atoms with Crippen LogP contribution in [0.2, 0.25) is 0 Å². The zero-order chi connectivity index (χ0) is 15.0. The lowest BCUT2D eigenvalue weighted by Crippen LogP contribution is -2.29. The Morgan fingerprint density at radius 2 is 2.05 bits per heavy atom.